The van der Waals surface area contributed by atoms with Gasteiger partial charge in [-0.15, -0.1) is 0 Å². The van der Waals surface area contributed by atoms with Crippen LogP contribution < -0.4 is 5.32 Å². The van der Waals surface area contributed by atoms with E-state index in [0.717, 1.165) is 51.4 Å². The van der Waals surface area contributed by atoms with Gasteiger partial charge in [0.25, 0.3) is 0 Å². The number of amides is 1. The van der Waals surface area contributed by atoms with Crippen LogP contribution in [0.15, 0.2) is 48.6 Å². The van der Waals surface area contributed by atoms with E-state index < -0.39 is 12.1 Å². The summed E-state index contributed by atoms with van der Waals surface area (Å²) in [6.45, 7) is 4.17. The quantitative estimate of drug-likeness (QED) is 0.0425. The molecule has 4 heteroatoms. The Hall–Kier alpha value is -1.65. The van der Waals surface area contributed by atoms with Crippen molar-refractivity contribution in [3.05, 3.63) is 48.6 Å². The molecule has 0 heterocycles. The van der Waals surface area contributed by atoms with Crippen molar-refractivity contribution in [2.45, 2.75) is 270 Å². The van der Waals surface area contributed by atoms with Gasteiger partial charge in [-0.3, -0.25) is 4.79 Å². The van der Waals surface area contributed by atoms with Gasteiger partial charge in [-0.2, -0.15) is 0 Å². The molecule has 0 aliphatic rings. The lowest BCUT2D eigenvalue weighted by Gasteiger charge is -2.22. The number of nitrogens with one attached hydrogen (secondary N) is 1. The first-order chi connectivity index (χ1) is 27.7. The fourth-order valence-electron chi connectivity index (χ4n) is 7.59. The van der Waals surface area contributed by atoms with Crippen LogP contribution in [0, 0.1) is 0 Å². The minimum Gasteiger partial charge on any atom is -0.394 e. The van der Waals surface area contributed by atoms with Crippen molar-refractivity contribution in [1.29, 1.82) is 0 Å². The lowest BCUT2D eigenvalue weighted by Crippen LogP contribution is -2.45. The fraction of sp³-hybridized carbons (Fsp3) is 0.827. The number of aliphatic hydroxyl groups is 2. The molecule has 56 heavy (non-hydrogen) atoms. The van der Waals surface area contributed by atoms with Crippen molar-refractivity contribution in [3.63, 3.8) is 0 Å². The van der Waals surface area contributed by atoms with Crippen LogP contribution in [0.5, 0.6) is 0 Å². The van der Waals surface area contributed by atoms with E-state index in [-0.39, 0.29) is 12.5 Å². The molecule has 0 spiro atoms. The van der Waals surface area contributed by atoms with E-state index in [1.807, 2.05) is 0 Å². The van der Waals surface area contributed by atoms with Gasteiger partial charge in [0.2, 0.25) is 5.91 Å². The molecular weight excluding hydrogens is 687 g/mol. The molecule has 0 radical (unpaired) electrons. The summed E-state index contributed by atoms with van der Waals surface area (Å²) < 4.78 is 0. The second-order valence-electron chi connectivity index (χ2n) is 16.9. The SMILES string of the molecule is CC/C=C\C/C=C\C/C=C\C/C=C\CCCCCCCCCCCCCCCCCCCCCCCCCCCCC(=O)NC(CO)C(O)CCCCCCC. The van der Waals surface area contributed by atoms with Crippen LogP contribution >= 0.6 is 0 Å². The van der Waals surface area contributed by atoms with Gasteiger partial charge >= 0.3 is 0 Å². The van der Waals surface area contributed by atoms with Crippen LogP contribution in [0.25, 0.3) is 0 Å². The van der Waals surface area contributed by atoms with Gasteiger partial charge in [-0.05, 0) is 51.4 Å². The minimum absolute atomic E-state index is 0.0352. The first-order valence-electron chi connectivity index (χ1n) is 24.8. The molecule has 0 saturated carbocycles. The van der Waals surface area contributed by atoms with E-state index in [9.17, 15) is 15.0 Å². The predicted molar refractivity (Wildman–Crippen MR) is 248 cm³/mol. The predicted octanol–water partition coefficient (Wildman–Crippen LogP) is 15.9. The highest BCUT2D eigenvalue weighted by Gasteiger charge is 2.20. The van der Waals surface area contributed by atoms with Crippen LogP contribution in [0.2, 0.25) is 0 Å². The summed E-state index contributed by atoms with van der Waals surface area (Å²) in [5.41, 5.74) is 0. The Bertz CT molecular complexity index is 893. The summed E-state index contributed by atoms with van der Waals surface area (Å²) in [6, 6.07) is -0.530. The van der Waals surface area contributed by atoms with Gasteiger partial charge in [-0.25, -0.2) is 0 Å². The number of carbonyl (C=O) groups is 1. The second kappa shape index (κ2) is 47.7. The lowest BCUT2D eigenvalue weighted by atomic mass is 10.0. The third kappa shape index (κ3) is 43.5. The number of hydrogen-bond donors (Lipinski definition) is 3. The molecule has 4 nitrogen and oxygen atoms in total. The highest BCUT2D eigenvalue weighted by molar-refractivity contribution is 5.76. The second-order valence-corrected chi connectivity index (χ2v) is 16.9. The van der Waals surface area contributed by atoms with Crippen LogP contribution in [-0.4, -0.2) is 34.9 Å². The zero-order valence-electron chi connectivity index (χ0n) is 37.7. The van der Waals surface area contributed by atoms with Crippen molar-refractivity contribution in [2.24, 2.45) is 0 Å². The van der Waals surface area contributed by atoms with Crippen LogP contribution in [0.3, 0.4) is 0 Å². The molecular formula is C52H97NO3. The topological polar surface area (TPSA) is 69.6 Å². The van der Waals surface area contributed by atoms with E-state index in [1.54, 1.807) is 0 Å². The van der Waals surface area contributed by atoms with Crippen molar-refractivity contribution in [3.8, 4) is 0 Å². The Balaban J connectivity index is 3.30. The first kappa shape index (κ1) is 54.3. The summed E-state index contributed by atoms with van der Waals surface area (Å²) in [4.78, 5) is 12.3. The molecule has 0 aromatic rings. The van der Waals surface area contributed by atoms with Gasteiger partial charge in [0.15, 0.2) is 0 Å². The molecule has 0 saturated heterocycles. The van der Waals surface area contributed by atoms with E-state index in [1.165, 1.54) is 180 Å². The van der Waals surface area contributed by atoms with E-state index in [2.05, 4.69) is 67.8 Å². The molecule has 0 aliphatic carbocycles. The van der Waals surface area contributed by atoms with Crippen LogP contribution in [-0.2, 0) is 4.79 Å². The van der Waals surface area contributed by atoms with Gasteiger partial charge < -0.3 is 15.5 Å². The lowest BCUT2D eigenvalue weighted by molar-refractivity contribution is -0.123. The number of rotatable bonds is 45. The molecule has 0 fully saturated rings. The van der Waals surface area contributed by atoms with E-state index >= 15 is 0 Å². The third-order valence-electron chi connectivity index (χ3n) is 11.4. The number of hydrogen-bond acceptors (Lipinski definition) is 3. The van der Waals surface area contributed by atoms with Crippen molar-refractivity contribution < 1.29 is 15.0 Å². The smallest absolute Gasteiger partial charge is 0.220 e. The molecule has 1 amide bonds. The summed E-state index contributed by atoms with van der Waals surface area (Å²) in [7, 11) is 0. The van der Waals surface area contributed by atoms with E-state index in [0.29, 0.717) is 12.8 Å². The molecule has 2 unspecified atom stereocenters. The Morgan fingerprint density at radius 3 is 1.18 bits per heavy atom. The van der Waals surface area contributed by atoms with Gasteiger partial charge in [0, 0.05) is 6.42 Å². The maximum atomic E-state index is 12.3. The standard InChI is InChI=1S/C52H97NO3/c1-3-5-7-9-10-11-12-13-14-15-16-17-18-19-20-21-22-23-24-25-26-27-28-29-30-31-32-33-34-35-36-37-38-39-40-41-42-44-46-48-52(56)53-50(49-54)51(55)47-45-43-8-6-4-2/h5,7,10-11,13-14,16-17,50-51,54-55H,3-4,6,8-9,12,15,18-49H2,1-2H3,(H,53,56)/b7-5-,11-10-,14-13-,17-16-. The Morgan fingerprint density at radius 2 is 0.786 bits per heavy atom. The maximum Gasteiger partial charge on any atom is 0.220 e. The Morgan fingerprint density at radius 1 is 0.446 bits per heavy atom. The van der Waals surface area contributed by atoms with E-state index in [4.69, 9.17) is 0 Å². The van der Waals surface area contributed by atoms with Crippen LogP contribution in [0.1, 0.15) is 258 Å². The molecule has 0 rings (SSSR count). The monoisotopic (exact) mass is 784 g/mol. The highest BCUT2D eigenvalue weighted by Crippen LogP contribution is 2.17. The van der Waals surface area contributed by atoms with Gasteiger partial charge in [0.1, 0.15) is 0 Å². The Kier molecular flexibility index (Phi) is 46.3. The molecule has 0 aromatic carbocycles. The molecule has 0 bridgehead atoms. The van der Waals surface area contributed by atoms with Gasteiger partial charge in [0.05, 0.1) is 18.8 Å². The molecule has 2 atom stereocenters. The number of aliphatic hydroxyl groups excluding tert-OH is 2. The first-order valence-corrected chi connectivity index (χ1v) is 24.8. The summed E-state index contributed by atoms with van der Waals surface area (Å²) in [5.74, 6) is -0.0352. The van der Waals surface area contributed by atoms with Crippen molar-refractivity contribution in [1.82, 2.24) is 5.32 Å². The fourth-order valence-corrected chi connectivity index (χ4v) is 7.59. The largest absolute Gasteiger partial charge is 0.394 e. The minimum atomic E-state index is -0.653. The van der Waals surface area contributed by atoms with Gasteiger partial charge in [-0.1, -0.05) is 249 Å². The maximum absolute atomic E-state index is 12.3. The molecule has 0 aromatic heterocycles. The highest BCUT2D eigenvalue weighted by atomic mass is 16.3. The average Bonchev–Trinajstić information content (AvgIpc) is 3.20. The Labute approximate surface area is 350 Å². The number of allylic oxidation sites excluding steroid dienone is 8. The third-order valence-corrected chi connectivity index (χ3v) is 11.4. The summed E-state index contributed by atoms with van der Waals surface area (Å²) in [5, 5.41) is 22.8. The zero-order chi connectivity index (χ0) is 40.7. The normalized spacial score (nSPS) is 13.3. The number of carbonyl (C=O) groups excluding carboxylic acids is 1. The molecule has 328 valence electrons. The molecule has 0 aliphatic heterocycles. The summed E-state index contributed by atoms with van der Waals surface area (Å²) >= 11 is 0. The van der Waals surface area contributed by atoms with Crippen LogP contribution in [0.4, 0.5) is 0 Å². The molecule has 3 N–H and O–H groups in total. The zero-order valence-corrected chi connectivity index (χ0v) is 37.7. The van der Waals surface area contributed by atoms with Crippen molar-refractivity contribution >= 4 is 5.91 Å². The average molecular weight is 784 g/mol. The van der Waals surface area contributed by atoms with Crippen molar-refractivity contribution in [2.75, 3.05) is 6.61 Å². The summed E-state index contributed by atoms with van der Waals surface area (Å²) in [6.07, 6.45) is 65.6. The number of unbranched alkanes of at least 4 members (excludes halogenated alkanes) is 30.